The van der Waals surface area contributed by atoms with Crippen LogP contribution in [-0.4, -0.2) is 35.9 Å². The molecule has 0 rings (SSSR count). The molecule has 0 saturated heterocycles. The lowest BCUT2D eigenvalue weighted by molar-refractivity contribution is -0.137. The molecule has 0 fully saturated rings. The summed E-state index contributed by atoms with van der Waals surface area (Å²) in [5.41, 5.74) is 0. The molecule has 1 unspecified atom stereocenters. The smallest absolute Gasteiger partial charge is 0.303 e. The van der Waals surface area contributed by atoms with Gasteiger partial charge in [-0.15, -0.1) is 0 Å². The molecule has 4 heteroatoms. The van der Waals surface area contributed by atoms with Crippen LogP contribution >= 0.6 is 0 Å². The molecular weight excluding hydrogens is 158 g/mol. The molecule has 0 heterocycles. The number of hydrogen-bond donors (Lipinski definition) is 3. The molecule has 72 valence electrons. The first-order chi connectivity index (χ1) is 5.66. The molecule has 0 aliphatic carbocycles. The van der Waals surface area contributed by atoms with E-state index >= 15 is 0 Å². The molecule has 0 aromatic heterocycles. The first-order valence-corrected chi connectivity index (χ1v) is 4.20. The van der Waals surface area contributed by atoms with Crippen LogP contribution in [0.5, 0.6) is 0 Å². The summed E-state index contributed by atoms with van der Waals surface area (Å²) in [4.78, 5) is 10.1. The lowest BCUT2D eigenvalue weighted by atomic mass is 10.2. The van der Waals surface area contributed by atoms with Crippen molar-refractivity contribution in [1.29, 1.82) is 0 Å². The number of carboxylic acid groups (broad SMARTS) is 1. The van der Waals surface area contributed by atoms with E-state index in [4.69, 9.17) is 10.2 Å². The van der Waals surface area contributed by atoms with Gasteiger partial charge in [-0.05, 0) is 25.4 Å². The maximum atomic E-state index is 10.1. The van der Waals surface area contributed by atoms with E-state index < -0.39 is 5.97 Å². The van der Waals surface area contributed by atoms with E-state index in [0.29, 0.717) is 13.0 Å². The Morgan fingerprint density at radius 1 is 1.58 bits per heavy atom. The second kappa shape index (κ2) is 7.06. The summed E-state index contributed by atoms with van der Waals surface area (Å²) in [7, 11) is 0. The molecule has 0 aliphatic heterocycles. The third-order valence-electron chi connectivity index (χ3n) is 1.55. The van der Waals surface area contributed by atoms with E-state index in [1.165, 1.54) is 0 Å². The lowest BCUT2D eigenvalue weighted by Gasteiger charge is -2.08. The fourth-order valence-electron chi connectivity index (χ4n) is 0.778. The number of carboxylic acids is 1. The fraction of sp³-hybridized carbons (Fsp3) is 0.875. The maximum absolute atomic E-state index is 10.1. The van der Waals surface area contributed by atoms with Gasteiger partial charge in [0.25, 0.3) is 0 Å². The Morgan fingerprint density at radius 3 is 2.75 bits per heavy atom. The highest BCUT2D eigenvalue weighted by atomic mass is 16.4. The molecule has 3 N–H and O–H groups in total. The van der Waals surface area contributed by atoms with E-state index in [0.717, 1.165) is 6.54 Å². The molecule has 0 amide bonds. The van der Waals surface area contributed by atoms with Gasteiger partial charge >= 0.3 is 5.97 Å². The average molecular weight is 175 g/mol. The fourth-order valence-corrected chi connectivity index (χ4v) is 0.778. The second-order valence-electron chi connectivity index (χ2n) is 2.99. The molecule has 0 aliphatic rings. The number of hydrogen-bond acceptors (Lipinski definition) is 3. The average Bonchev–Trinajstić information content (AvgIpc) is 2.03. The summed E-state index contributed by atoms with van der Waals surface area (Å²) in [5.74, 6) is -0.512. The molecular formula is C8H17NO3. The van der Waals surface area contributed by atoms with Gasteiger partial charge in [0.05, 0.1) is 0 Å². The van der Waals surface area contributed by atoms with Gasteiger partial charge in [-0.1, -0.05) is 6.92 Å². The standard InChI is InChI=1S/C8H17NO3/c1-7(6-10)5-9-4-2-3-8(11)12/h7,9-10H,2-6H2,1H3,(H,11,12). The van der Waals surface area contributed by atoms with Crippen LogP contribution in [0.4, 0.5) is 0 Å². The number of aliphatic hydroxyl groups excluding tert-OH is 1. The Balaban J connectivity index is 3.05. The quantitative estimate of drug-likeness (QED) is 0.479. The normalized spacial score (nSPS) is 12.8. The van der Waals surface area contributed by atoms with Gasteiger partial charge in [-0.2, -0.15) is 0 Å². The molecule has 12 heavy (non-hydrogen) atoms. The Bertz CT molecular complexity index is 127. The van der Waals surface area contributed by atoms with Crippen molar-refractivity contribution in [2.45, 2.75) is 19.8 Å². The van der Waals surface area contributed by atoms with E-state index in [2.05, 4.69) is 5.32 Å². The molecule has 0 aromatic carbocycles. The second-order valence-corrected chi connectivity index (χ2v) is 2.99. The van der Waals surface area contributed by atoms with Crippen molar-refractivity contribution in [1.82, 2.24) is 5.32 Å². The van der Waals surface area contributed by atoms with E-state index in [-0.39, 0.29) is 18.9 Å². The monoisotopic (exact) mass is 175 g/mol. The van der Waals surface area contributed by atoms with Crippen molar-refractivity contribution in [3.05, 3.63) is 0 Å². The predicted octanol–water partition coefficient (Wildman–Crippen LogP) is 0.0692. The maximum Gasteiger partial charge on any atom is 0.303 e. The largest absolute Gasteiger partial charge is 0.481 e. The van der Waals surface area contributed by atoms with Crippen molar-refractivity contribution in [2.24, 2.45) is 5.92 Å². The number of nitrogens with one attached hydrogen (secondary N) is 1. The lowest BCUT2D eigenvalue weighted by Crippen LogP contribution is -2.24. The zero-order valence-corrected chi connectivity index (χ0v) is 7.42. The topological polar surface area (TPSA) is 69.6 Å². The molecule has 1 atom stereocenters. The minimum absolute atomic E-state index is 0.173. The van der Waals surface area contributed by atoms with Crippen molar-refractivity contribution in [3.63, 3.8) is 0 Å². The van der Waals surface area contributed by atoms with Gasteiger partial charge in [0.15, 0.2) is 0 Å². The number of rotatable bonds is 7. The first kappa shape index (κ1) is 11.4. The number of aliphatic hydroxyl groups is 1. The summed E-state index contributed by atoms with van der Waals surface area (Å²) < 4.78 is 0. The van der Waals surface area contributed by atoms with Gasteiger partial charge in [0.1, 0.15) is 0 Å². The van der Waals surface area contributed by atoms with Crippen molar-refractivity contribution >= 4 is 5.97 Å². The highest BCUT2D eigenvalue weighted by Crippen LogP contribution is 1.90. The SMILES string of the molecule is CC(CO)CNCCCC(=O)O. The molecule has 0 aromatic rings. The summed E-state index contributed by atoms with van der Waals surface area (Å²) in [6.45, 7) is 3.56. The van der Waals surface area contributed by atoms with Crippen molar-refractivity contribution in [3.8, 4) is 0 Å². The number of carbonyl (C=O) groups is 1. The predicted molar refractivity (Wildman–Crippen MR) is 46.0 cm³/mol. The molecule has 4 nitrogen and oxygen atoms in total. The van der Waals surface area contributed by atoms with Crippen LogP contribution in [0.1, 0.15) is 19.8 Å². The zero-order valence-electron chi connectivity index (χ0n) is 7.42. The van der Waals surface area contributed by atoms with Crippen molar-refractivity contribution in [2.75, 3.05) is 19.7 Å². The third-order valence-corrected chi connectivity index (χ3v) is 1.55. The summed E-state index contributed by atoms with van der Waals surface area (Å²) in [6, 6.07) is 0. The summed E-state index contributed by atoms with van der Waals surface area (Å²) in [5, 5.41) is 20.0. The van der Waals surface area contributed by atoms with Crippen LogP contribution < -0.4 is 5.32 Å². The molecule has 0 bridgehead atoms. The summed E-state index contributed by atoms with van der Waals surface area (Å²) in [6.07, 6.45) is 0.855. The Morgan fingerprint density at radius 2 is 2.25 bits per heavy atom. The molecule has 0 saturated carbocycles. The minimum atomic E-state index is -0.757. The van der Waals surface area contributed by atoms with E-state index in [1.54, 1.807) is 0 Å². The van der Waals surface area contributed by atoms with Crippen LogP contribution in [0, 0.1) is 5.92 Å². The molecule has 0 spiro atoms. The van der Waals surface area contributed by atoms with Crippen LogP contribution in [0.2, 0.25) is 0 Å². The summed E-state index contributed by atoms with van der Waals surface area (Å²) >= 11 is 0. The van der Waals surface area contributed by atoms with Crippen LogP contribution in [0.25, 0.3) is 0 Å². The van der Waals surface area contributed by atoms with Gasteiger partial charge < -0.3 is 15.5 Å². The van der Waals surface area contributed by atoms with E-state index in [1.807, 2.05) is 6.92 Å². The Kier molecular flexibility index (Phi) is 6.70. The van der Waals surface area contributed by atoms with Gasteiger partial charge in [-0.3, -0.25) is 4.79 Å². The Labute approximate surface area is 72.6 Å². The van der Waals surface area contributed by atoms with Crippen LogP contribution in [0.15, 0.2) is 0 Å². The van der Waals surface area contributed by atoms with Gasteiger partial charge in [0.2, 0.25) is 0 Å². The molecule has 0 radical (unpaired) electrons. The first-order valence-electron chi connectivity index (χ1n) is 4.20. The minimum Gasteiger partial charge on any atom is -0.481 e. The highest BCUT2D eigenvalue weighted by Gasteiger charge is 1.99. The number of aliphatic carboxylic acids is 1. The third kappa shape index (κ3) is 7.50. The van der Waals surface area contributed by atoms with Gasteiger partial charge in [-0.25, -0.2) is 0 Å². The van der Waals surface area contributed by atoms with Crippen LogP contribution in [-0.2, 0) is 4.79 Å². The highest BCUT2D eigenvalue weighted by molar-refractivity contribution is 5.66. The van der Waals surface area contributed by atoms with Crippen molar-refractivity contribution < 1.29 is 15.0 Å². The van der Waals surface area contributed by atoms with E-state index in [9.17, 15) is 4.79 Å². The van der Waals surface area contributed by atoms with Gasteiger partial charge in [0, 0.05) is 13.0 Å². The van der Waals surface area contributed by atoms with Crippen LogP contribution in [0.3, 0.4) is 0 Å². The zero-order chi connectivity index (χ0) is 9.40. The Hall–Kier alpha value is -0.610.